The fourth-order valence-electron chi connectivity index (χ4n) is 3.27. The van der Waals surface area contributed by atoms with E-state index >= 15 is 0 Å². The molecule has 0 unspecified atom stereocenters. The fourth-order valence-corrected chi connectivity index (χ4v) is 4.17. The van der Waals surface area contributed by atoms with Crippen LogP contribution in [0.4, 0.5) is 0 Å². The molecular formula is C26H20ClIO5. The second kappa shape index (κ2) is 10.3. The van der Waals surface area contributed by atoms with E-state index < -0.39 is 5.97 Å². The van der Waals surface area contributed by atoms with Crippen LogP contribution in [0.25, 0.3) is 11.8 Å². The highest BCUT2D eigenvalue weighted by Gasteiger charge is 2.22. The van der Waals surface area contributed by atoms with Gasteiger partial charge in [-0.3, -0.25) is 0 Å². The molecule has 0 aromatic heterocycles. The van der Waals surface area contributed by atoms with Gasteiger partial charge in [-0.1, -0.05) is 23.7 Å². The molecule has 0 radical (unpaired) electrons. The van der Waals surface area contributed by atoms with E-state index in [9.17, 15) is 4.79 Å². The molecule has 0 atom stereocenters. The Labute approximate surface area is 210 Å². The van der Waals surface area contributed by atoms with Gasteiger partial charge in [0.1, 0.15) is 18.1 Å². The molecule has 0 saturated carbocycles. The first kappa shape index (κ1) is 23.2. The minimum Gasteiger partial charge on any atom is -0.497 e. The average molecular weight is 575 g/mol. The third-order valence-electron chi connectivity index (χ3n) is 4.97. The quantitative estimate of drug-likeness (QED) is 0.183. The van der Waals surface area contributed by atoms with Crippen molar-refractivity contribution < 1.29 is 23.7 Å². The number of ether oxygens (including phenoxy) is 4. The SMILES string of the molecule is COc1ccc(C2=C/C(=C\c3cc(I)c(OCc4ccc(Cl)cc4)c(OC)c3)C(=O)O2)cc1. The smallest absolute Gasteiger partial charge is 0.343 e. The van der Waals surface area contributed by atoms with Crippen molar-refractivity contribution in [3.05, 3.63) is 97.6 Å². The van der Waals surface area contributed by atoms with Gasteiger partial charge in [0.05, 0.1) is 23.4 Å². The summed E-state index contributed by atoms with van der Waals surface area (Å²) in [7, 11) is 3.19. The van der Waals surface area contributed by atoms with Crippen molar-refractivity contribution in [1.29, 1.82) is 0 Å². The van der Waals surface area contributed by atoms with E-state index in [-0.39, 0.29) is 0 Å². The lowest BCUT2D eigenvalue weighted by atomic mass is 10.1. The number of methoxy groups -OCH3 is 2. The number of benzene rings is 3. The highest BCUT2D eigenvalue weighted by Crippen LogP contribution is 2.36. The molecule has 3 aromatic carbocycles. The Morgan fingerprint density at radius 2 is 1.73 bits per heavy atom. The summed E-state index contributed by atoms with van der Waals surface area (Å²) in [5, 5.41) is 0.679. The number of hydrogen-bond acceptors (Lipinski definition) is 5. The van der Waals surface area contributed by atoms with Crippen LogP contribution in [0.5, 0.6) is 17.2 Å². The van der Waals surface area contributed by atoms with Crippen LogP contribution in [0.3, 0.4) is 0 Å². The maximum Gasteiger partial charge on any atom is 0.343 e. The molecule has 0 bridgehead atoms. The summed E-state index contributed by atoms with van der Waals surface area (Å²) < 4.78 is 23.1. The minimum atomic E-state index is -0.405. The predicted molar refractivity (Wildman–Crippen MR) is 137 cm³/mol. The van der Waals surface area contributed by atoms with Crippen LogP contribution in [0.15, 0.2) is 72.3 Å². The molecule has 0 fully saturated rings. The fraction of sp³-hybridized carbons (Fsp3) is 0.115. The molecule has 0 spiro atoms. The highest BCUT2D eigenvalue weighted by atomic mass is 127. The van der Waals surface area contributed by atoms with Gasteiger partial charge < -0.3 is 18.9 Å². The molecule has 1 heterocycles. The molecule has 7 heteroatoms. The molecule has 0 amide bonds. The molecule has 1 aliphatic heterocycles. The highest BCUT2D eigenvalue weighted by molar-refractivity contribution is 14.1. The Bertz CT molecular complexity index is 1230. The number of halogens is 2. The van der Waals surface area contributed by atoms with E-state index in [4.69, 9.17) is 30.5 Å². The first-order valence-electron chi connectivity index (χ1n) is 10.0. The molecule has 4 rings (SSSR count). The summed E-state index contributed by atoms with van der Waals surface area (Å²) in [6, 6.07) is 18.6. The van der Waals surface area contributed by atoms with Gasteiger partial charge in [-0.25, -0.2) is 4.79 Å². The largest absolute Gasteiger partial charge is 0.497 e. The van der Waals surface area contributed by atoms with Crippen molar-refractivity contribution in [2.45, 2.75) is 6.61 Å². The first-order valence-corrected chi connectivity index (χ1v) is 11.5. The monoisotopic (exact) mass is 574 g/mol. The summed E-state index contributed by atoms with van der Waals surface area (Å²) in [5.41, 5.74) is 3.04. The zero-order valence-corrected chi connectivity index (χ0v) is 20.8. The topological polar surface area (TPSA) is 54.0 Å². The third-order valence-corrected chi connectivity index (χ3v) is 6.02. The summed E-state index contributed by atoms with van der Waals surface area (Å²) in [6.45, 7) is 0.379. The van der Waals surface area contributed by atoms with Gasteiger partial charge in [0.25, 0.3) is 0 Å². The lowest BCUT2D eigenvalue weighted by molar-refractivity contribution is -0.130. The van der Waals surface area contributed by atoms with Crippen molar-refractivity contribution in [2.75, 3.05) is 14.2 Å². The van der Waals surface area contributed by atoms with Crippen LogP contribution in [0.1, 0.15) is 16.7 Å². The summed E-state index contributed by atoms with van der Waals surface area (Å²) in [5.74, 6) is 2.04. The standard InChI is InChI=1S/C26H20ClIO5/c1-30-21-9-5-18(6-10-21)23-14-19(26(29)33-23)11-17-12-22(28)25(24(13-17)31-2)32-15-16-3-7-20(27)8-4-16/h3-14H,15H2,1-2H3/b19-11+. The number of cyclic esters (lactones) is 1. The van der Waals surface area contributed by atoms with Crippen LogP contribution in [-0.2, 0) is 16.1 Å². The Hall–Kier alpha value is -2.97. The van der Waals surface area contributed by atoms with Crippen LogP contribution in [-0.4, -0.2) is 20.2 Å². The summed E-state index contributed by atoms with van der Waals surface area (Å²) in [6.07, 6.45) is 3.50. The lowest BCUT2D eigenvalue weighted by Crippen LogP contribution is -2.01. The molecule has 1 aliphatic rings. The summed E-state index contributed by atoms with van der Waals surface area (Å²) >= 11 is 8.14. The van der Waals surface area contributed by atoms with E-state index in [1.807, 2.05) is 60.7 Å². The molecular weight excluding hydrogens is 555 g/mol. The van der Waals surface area contributed by atoms with Gasteiger partial charge in [-0.05, 0) is 94.4 Å². The second-order valence-corrected chi connectivity index (χ2v) is 8.77. The Morgan fingerprint density at radius 3 is 2.39 bits per heavy atom. The van der Waals surface area contributed by atoms with Gasteiger partial charge in [-0.15, -0.1) is 0 Å². The molecule has 3 aromatic rings. The molecule has 5 nitrogen and oxygen atoms in total. The maximum absolute atomic E-state index is 12.4. The third kappa shape index (κ3) is 5.51. The number of rotatable bonds is 7. The van der Waals surface area contributed by atoms with Crippen molar-refractivity contribution >= 4 is 52.0 Å². The van der Waals surface area contributed by atoms with Crippen molar-refractivity contribution in [3.63, 3.8) is 0 Å². The van der Waals surface area contributed by atoms with E-state index in [2.05, 4.69) is 22.6 Å². The average Bonchev–Trinajstić information content (AvgIpc) is 3.19. The second-order valence-electron chi connectivity index (χ2n) is 7.18. The number of carbonyl (C=O) groups is 1. The van der Waals surface area contributed by atoms with Crippen LogP contribution in [0, 0.1) is 3.57 Å². The number of esters is 1. The predicted octanol–water partition coefficient (Wildman–Crippen LogP) is 6.52. The Balaban J connectivity index is 1.57. The van der Waals surface area contributed by atoms with Crippen LogP contribution in [0.2, 0.25) is 5.02 Å². The Kier molecular flexibility index (Phi) is 7.25. The zero-order chi connectivity index (χ0) is 23.4. The maximum atomic E-state index is 12.4. The van der Waals surface area contributed by atoms with Gasteiger partial charge in [0.2, 0.25) is 0 Å². The number of hydrogen-bond donors (Lipinski definition) is 0. The minimum absolute atomic E-state index is 0.379. The van der Waals surface area contributed by atoms with Crippen LogP contribution < -0.4 is 14.2 Å². The summed E-state index contributed by atoms with van der Waals surface area (Å²) in [4.78, 5) is 12.4. The van der Waals surface area contributed by atoms with Gasteiger partial charge in [0, 0.05) is 10.6 Å². The van der Waals surface area contributed by atoms with Gasteiger partial charge in [-0.2, -0.15) is 0 Å². The molecule has 0 N–H and O–H groups in total. The normalized spacial score (nSPS) is 14.1. The molecule has 0 aliphatic carbocycles. The lowest BCUT2D eigenvalue weighted by Gasteiger charge is -2.14. The zero-order valence-electron chi connectivity index (χ0n) is 17.9. The van der Waals surface area contributed by atoms with E-state index in [0.717, 1.165) is 26.0 Å². The molecule has 0 saturated heterocycles. The van der Waals surface area contributed by atoms with Crippen molar-refractivity contribution in [2.24, 2.45) is 0 Å². The van der Waals surface area contributed by atoms with E-state index in [1.165, 1.54) is 0 Å². The van der Waals surface area contributed by atoms with Gasteiger partial charge >= 0.3 is 5.97 Å². The van der Waals surface area contributed by atoms with Crippen molar-refractivity contribution in [1.82, 2.24) is 0 Å². The first-order chi connectivity index (χ1) is 16.0. The number of carbonyl (C=O) groups excluding carboxylic acids is 1. The van der Waals surface area contributed by atoms with Crippen molar-refractivity contribution in [3.8, 4) is 17.2 Å². The van der Waals surface area contributed by atoms with Crippen LogP contribution >= 0.6 is 34.2 Å². The van der Waals surface area contributed by atoms with Gasteiger partial charge in [0.15, 0.2) is 11.5 Å². The molecule has 33 heavy (non-hydrogen) atoms. The van der Waals surface area contributed by atoms with E-state index in [0.29, 0.717) is 34.5 Å². The molecule has 168 valence electrons. The Morgan fingerprint density at radius 1 is 1.00 bits per heavy atom. The van der Waals surface area contributed by atoms with E-state index in [1.54, 1.807) is 26.4 Å².